The van der Waals surface area contributed by atoms with Crippen molar-refractivity contribution in [2.45, 2.75) is 13.1 Å². The summed E-state index contributed by atoms with van der Waals surface area (Å²) in [5, 5.41) is 0.0805. The zero-order valence-electron chi connectivity index (χ0n) is 9.85. The van der Waals surface area contributed by atoms with Crippen molar-refractivity contribution in [2.24, 2.45) is 0 Å². The van der Waals surface area contributed by atoms with Crippen molar-refractivity contribution in [1.29, 1.82) is 0 Å². The Morgan fingerprint density at radius 3 is 2.32 bits per heavy atom. The molecule has 2 aromatic carbocycles. The van der Waals surface area contributed by atoms with Gasteiger partial charge in [0.2, 0.25) is 0 Å². The molecule has 0 amide bonds. The Labute approximate surface area is 112 Å². The summed E-state index contributed by atoms with van der Waals surface area (Å²) in [4.78, 5) is 0. The number of halogens is 5. The maximum absolute atomic E-state index is 13.7. The monoisotopic (exact) mass is 288 g/mol. The molecule has 0 aliphatic rings. The molecule has 0 aromatic heterocycles. The summed E-state index contributed by atoms with van der Waals surface area (Å²) in [7, 11) is 0. The van der Waals surface area contributed by atoms with Crippen molar-refractivity contribution in [3.8, 4) is 11.1 Å². The number of hydrogen-bond acceptors (Lipinski definition) is 0. The molecule has 0 heterocycles. The molecule has 0 nitrogen and oxygen atoms in total. The van der Waals surface area contributed by atoms with E-state index in [1.54, 1.807) is 0 Å². The van der Waals surface area contributed by atoms with Crippen molar-refractivity contribution in [2.75, 3.05) is 0 Å². The van der Waals surface area contributed by atoms with Crippen LogP contribution in [-0.2, 0) is 6.18 Å². The van der Waals surface area contributed by atoms with Gasteiger partial charge in [-0.25, -0.2) is 4.39 Å². The lowest BCUT2D eigenvalue weighted by Gasteiger charge is -2.13. The predicted molar refractivity (Wildman–Crippen MR) is 66.6 cm³/mol. The summed E-state index contributed by atoms with van der Waals surface area (Å²) in [5.41, 5.74) is -0.608. The van der Waals surface area contributed by atoms with E-state index < -0.39 is 17.6 Å². The van der Waals surface area contributed by atoms with Gasteiger partial charge in [-0.3, -0.25) is 0 Å². The van der Waals surface area contributed by atoms with E-state index in [4.69, 9.17) is 11.6 Å². The minimum absolute atomic E-state index is 0.0188. The zero-order valence-corrected chi connectivity index (χ0v) is 10.6. The van der Waals surface area contributed by atoms with E-state index in [1.807, 2.05) is 0 Å². The minimum atomic E-state index is -4.47. The van der Waals surface area contributed by atoms with E-state index in [1.165, 1.54) is 31.2 Å². The van der Waals surface area contributed by atoms with Crippen molar-refractivity contribution < 1.29 is 17.6 Å². The van der Waals surface area contributed by atoms with Crippen molar-refractivity contribution >= 4 is 11.6 Å². The topological polar surface area (TPSA) is 0 Å². The average molecular weight is 289 g/mol. The van der Waals surface area contributed by atoms with Gasteiger partial charge in [-0.15, -0.1) is 0 Å². The molecule has 0 bridgehead atoms. The van der Waals surface area contributed by atoms with Gasteiger partial charge >= 0.3 is 6.18 Å². The molecule has 0 saturated carbocycles. The Morgan fingerprint density at radius 1 is 1.05 bits per heavy atom. The standard InChI is InChI=1S/C14H9ClF4/c1-8-5-6-9(7-10(8)14(17,18)19)13-11(15)3-2-4-12(13)16/h2-7H,1H3. The van der Waals surface area contributed by atoms with Gasteiger partial charge in [0.15, 0.2) is 0 Å². The van der Waals surface area contributed by atoms with Crippen LogP contribution in [0, 0.1) is 12.7 Å². The first-order chi connectivity index (χ1) is 8.80. The second-order valence-corrected chi connectivity index (χ2v) is 4.53. The molecular weight excluding hydrogens is 280 g/mol. The number of benzene rings is 2. The van der Waals surface area contributed by atoms with Crippen LogP contribution in [0.25, 0.3) is 11.1 Å². The molecule has 0 radical (unpaired) electrons. The molecule has 0 unspecified atom stereocenters. The van der Waals surface area contributed by atoms with Gasteiger partial charge < -0.3 is 0 Å². The van der Waals surface area contributed by atoms with Crippen LogP contribution in [0.5, 0.6) is 0 Å². The predicted octanol–water partition coefficient (Wildman–Crippen LogP) is 5.47. The molecule has 5 heteroatoms. The van der Waals surface area contributed by atoms with Crippen LogP contribution in [0.4, 0.5) is 17.6 Å². The lowest BCUT2D eigenvalue weighted by molar-refractivity contribution is -0.138. The summed E-state index contributed by atoms with van der Waals surface area (Å²) >= 11 is 5.85. The second-order valence-electron chi connectivity index (χ2n) is 4.12. The Balaban J connectivity index is 2.65. The molecule has 0 aliphatic carbocycles. The summed E-state index contributed by atoms with van der Waals surface area (Å²) in [6, 6.07) is 7.65. The van der Waals surface area contributed by atoms with E-state index in [2.05, 4.69) is 0 Å². The number of alkyl halides is 3. The Hall–Kier alpha value is -1.55. The summed E-state index contributed by atoms with van der Waals surface area (Å²) in [6.45, 7) is 1.36. The zero-order chi connectivity index (χ0) is 14.2. The van der Waals surface area contributed by atoms with Gasteiger partial charge in [0.05, 0.1) is 10.6 Å². The maximum atomic E-state index is 13.7. The number of hydrogen-bond donors (Lipinski definition) is 0. The summed E-state index contributed by atoms with van der Waals surface area (Å²) < 4.78 is 52.2. The molecule has 2 rings (SSSR count). The van der Waals surface area contributed by atoms with E-state index in [0.717, 1.165) is 12.1 Å². The molecule has 0 spiro atoms. The van der Waals surface area contributed by atoms with Gasteiger partial charge in [-0.05, 0) is 36.2 Å². The SMILES string of the molecule is Cc1ccc(-c2c(F)cccc2Cl)cc1C(F)(F)F. The van der Waals surface area contributed by atoms with Crippen LogP contribution in [0.1, 0.15) is 11.1 Å². The molecule has 2 aromatic rings. The third-order valence-corrected chi connectivity index (χ3v) is 3.11. The van der Waals surface area contributed by atoms with E-state index in [0.29, 0.717) is 0 Å². The Morgan fingerprint density at radius 2 is 1.74 bits per heavy atom. The quantitative estimate of drug-likeness (QED) is 0.610. The molecular formula is C14H9ClF4. The minimum Gasteiger partial charge on any atom is -0.206 e. The van der Waals surface area contributed by atoms with Crippen molar-refractivity contribution in [3.05, 3.63) is 58.4 Å². The number of rotatable bonds is 1. The lowest BCUT2D eigenvalue weighted by Crippen LogP contribution is -2.07. The first-order valence-electron chi connectivity index (χ1n) is 5.43. The highest BCUT2D eigenvalue weighted by molar-refractivity contribution is 6.33. The molecule has 0 fully saturated rings. The fourth-order valence-corrected chi connectivity index (χ4v) is 2.13. The maximum Gasteiger partial charge on any atom is 0.416 e. The first-order valence-corrected chi connectivity index (χ1v) is 5.80. The smallest absolute Gasteiger partial charge is 0.206 e. The fraction of sp³-hybridized carbons (Fsp3) is 0.143. The van der Waals surface area contributed by atoms with Crippen LogP contribution in [-0.4, -0.2) is 0 Å². The molecule has 0 aliphatic heterocycles. The van der Waals surface area contributed by atoms with Gasteiger partial charge in [0, 0.05) is 5.56 Å². The largest absolute Gasteiger partial charge is 0.416 e. The summed E-state index contributed by atoms with van der Waals surface area (Å²) in [6.07, 6.45) is -4.47. The highest BCUT2D eigenvalue weighted by atomic mass is 35.5. The molecule has 0 atom stereocenters. The normalized spacial score (nSPS) is 11.7. The highest BCUT2D eigenvalue weighted by Gasteiger charge is 2.32. The lowest BCUT2D eigenvalue weighted by atomic mass is 9.99. The fourth-order valence-electron chi connectivity index (χ4n) is 1.86. The first kappa shape index (κ1) is 13.9. The van der Waals surface area contributed by atoms with Crippen LogP contribution in [0.2, 0.25) is 5.02 Å². The third kappa shape index (κ3) is 2.73. The Kier molecular flexibility index (Phi) is 3.54. The van der Waals surface area contributed by atoms with Crippen LogP contribution in [0.15, 0.2) is 36.4 Å². The number of aryl methyl sites for hydroxylation is 1. The van der Waals surface area contributed by atoms with Crippen molar-refractivity contribution in [3.63, 3.8) is 0 Å². The van der Waals surface area contributed by atoms with Crippen LogP contribution >= 0.6 is 11.6 Å². The van der Waals surface area contributed by atoms with Gasteiger partial charge in [-0.1, -0.05) is 29.8 Å². The van der Waals surface area contributed by atoms with Gasteiger partial charge in [0.25, 0.3) is 0 Å². The molecule has 0 saturated heterocycles. The highest BCUT2D eigenvalue weighted by Crippen LogP contribution is 2.37. The van der Waals surface area contributed by atoms with E-state index >= 15 is 0 Å². The van der Waals surface area contributed by atoms with E-state index in [-0.39, 0.29) is 21.7 Å². The average Bonchev–Trinajstić information content (AvgIpc) is 2.29. The van der Waals surface area contributed by atoms with Crippen molar-refractivity contribution in [1.82, 2.24) is 0 Å². The molecule has 0 N–H and O–H groups in total. The molecule has 19 heavy (non-hydrogen) atoms. The molecule has 100 valence electrons. The Bertz CT molecular complexity index is 597. The summed E-state index contributed by atoms with van der Waals surface area (Å²) in [5.74, 6) is -0.649. The van der Waals surface area contributed by atoms with Crippen LogP contribution < -0.4 is 0 Å². The van der Waals surface area contributed by atoms with E-state index in [9.17, 15) is 17.6 Å². The van der Waals surface area contributed by atoms with Gasteiger partial charge in [-0.2, -0.15) is 13.2 Å². The third-order valence-electron chi connectivity index (χ3n) is 2.79. The van der Waals surface area contributed by atoms with Gasteiger partial charge in [0.1, 0.15) is 5.82 Å². The second kappa shape index (κ2) is 4.85. The van der Waals surface area contributed by atoms with Crippen LogP contribution in [0.3, 0.4) is 0 Å².